The summed E-state index contributed by atoms with van der Waals surface area (Å²) in [5.74, 6) is 1.23. The van der Waals surface area contributed by atoms with Gasteiger partial charge in [0.05, 0.1) is 0 Å². The first-order valence-corrected chi connectivity index (χ1v) is 11.1. The van der Waals surface area contributed by atoms with Crippen molar-refractivity contribution in [2.24, 2.45) is 0 Å². The van der Waals surface area contributed by atoms with E-state index in [0.717, 1.165) is 37.1 Å². The molecule has 3 rings (SSSR count). The van der Waals surface area contributed by atoms with Gasteiger partial charge in [0.1, 0.15) is 13.2 Å². The van der Waals surface area contributed by atoms with Gasteiger partial charge in [0.15, 0.2) is 11.5 Å². The number of hydrogen-bond acceptors (Lipinski definition) is 4. The Morgan fingerprint density at radius 1 is 1.03 bits per heavy atom. The Hall–Kier alpha value is -2.79. The normalized spacial score (nSPS) is 13.7. The fourth-order valence-corrected chi connectivity index (χ4v) is 3.52. The van der Waals surface area contributed by atoms with Crippen LogP contribution in [0, 0.1) is 0 Å². The minimum absolute atomic E-state index is 0.100. The molecule has 1 heterocycles. The van der Waals surface area contributed by atoms with Crippen LogP contribution in [0.25, 0.3) is 5.57 Å². The maximum Gasteiger partial charge on any atom is 0.248 e. The van der Waals surface area contributed by atoms with Crippen molar-refractivity contribution in [2.45, 2.75) is 46.0 Å². The molecular weight excluding hydrogens is 388 g/mol. The van der Waals surface area contributed by atoms with Gasteiger partial charge in [-0.1, -0.05) is 52.0 Å². The highest BCUT2D eigenvalue weighted by Crippen LogP contribution is 2.33. The summed E-state index contributed by atoms with van der Waals surface area (Å²) >= 11 is 0. The van der Waals surface area contributed by atoms with Gasteiger partial charge in [-0.15, -0.1) is 0 Å². The fraction of sp³-hybridized carbons (Fsp3) is 0.423. The molecule has 0 atom stereocenters. The van der Waals surface area contributed by atoms with Crippen LogP contribution in [-0.2, 0) is 10.2 Å². The van der Waals surface area contributed by atoms with E-state index in [1.165, 1.54) is 5.56 Å². The highest BCUT2D eigenvalue weighted by Gasteiger charge is 2.15. The van der Waals surface area contributed by atoms with E-state index in [-0.39, 0.29) is 11.3 Å². The molecule has 0 bridgehead atoms. The molecule has 0 saturated heterocycles. The van der Waals surface area contributed by atoms with Crippen LogP contribution in [-0.4, -0.2) is 32.2 Å². The molecule has 0 saturated carbocycles. The van der Waals surface area contributed by atoms with Crippen LogP contribution in [0.5, 0.6) is 11.5 Å². The van der Waals surface area contributed by atoms with E-state index < -0.39 is 0 Å². The van der Waals surface area contributed by atoms with E-state index in [1.54, 1.807) is 6.08 Å². The number of amides is 1. The van der Waals surface area contributed by atoms with E-state index >= 15 is 0 Å². The van der Waals surface area contributed by atoms with Crippen LogP contribution in [0.1, 0.15) is 51.7 Å². The van der Waals surface area contributed by atoms with E-state index in [9.17, 15) is 4.79 Å². The molecule has 1 aliphatic rings. The average molecular weight is 423 g/mol. The molecule has 0 spiro atoms. The summed E-state index contributed by atoms with van der Waals surface area (Å²) < 4.78 is 11.2. The lowest BCUT2D eigenvalue weighted by Gasteiger charge is -2.20. The second-order valence-electron chi connectivity index (χ2n) is 8.80. The number of allylic oxidation sites excluding steroid dienone is 1. The molecule has 0 unspecified atom stereocenters. The Morgan fingerprint density at radius 3 is 2.42 bits per heavy atom. The third-order valence-electron chi connectivity index (χ3n) is 5.29. The summed E-state index contributed by atoms with van der Waals surface area (Å²) in [4.78, 5) is 12.8. The first-order chi connectivity index (χ1) is 14.9. The number of carbonyl (C=O) groups is 1. The maximum absolute atomic E-state index is 12.8. The number of fused-ring (bicyclic) bond motifs is 1. The third-order valence-corrected chi connectivity index (χ3v) is 5.29. The lowest BCUT2D eigenvalue weighted by Crippen LogP contribution is -2.16. The van der Waals surface area contributed by atoms with Gasteiger partial charge >= 0.3 is 0 Å². The second-order valence-corrected chi connectivity index (χ2v) is 8.80. The molecule has 2 aromatic rings. The SMILES string of the molecule is CCNCCC/C(=C\C(=O)Nc1ccc2c(c1)OCCO2)c1ccc(C(C)(C)C)cc1. The molecule has 0 radical (unpaired) electrons. The van der Waals surface area contributed by atoms with Crippen molar-refractivity contribution in [3.8, 4) is 11.5 Å². The van der Waals surface area contributed by atoms with E-state index in [1.807, 2.05) is 18.2 Å². The molecule has 5 nitrogen and oxygen atoms in total. The summed E-state index contributed by atoms with van der Waals surface area (Å²) in [6.07, 6.45) is 3.52. The zero-order valence-corrected chi connectivity index (χ0v) is 19.1. The quantitative estimate of drug-likeness (QED) is 0.455. The molecule has 166 valence electrons. The molecule has 31 heavy (non-hydrogen) atoms. The van der Waals surface area contributed by atoms with E-state index in [2.05, 4.69) is 62.6 Å². The minimum Gasteiger partial charge on any atom is -0.486 e. The number of anilines is 1. The van der Waals surface area contributed by atoms with Crippen LogP contribution >= 0.6 is 0 Å². The maximum atomic E-state index is 12.8. The minimum atomic E-state index is -0.143. The topological polar surface area (TPSA) is 59.6 Å². The molecule has 0 fully saturated rings. The molecule has 1 aliphatic heterocycles. The van der Waals surface area contributed by atoms with Crippen molar-refractivity contribution in [2.75, 3.05) is 31.6 Å². The molecule has 0 aliphatic carbocycles. The first-order valence-electron chi connectivity index (χ1n) is 11.1. The van der Waals surface area contributed by atoms with Crippen molar-refractivity contribution < 1.29 is 14.3 Å². The number of benzene rings is 2. The van der Waals surface area contributed by atoms with Gasteiger partial charge in [-0.2, -0.15) is 0 Å². The zero-order valence-electron chi connectivity index (χ0n) is 19.1. The van der Waals surface area contributed by atoms with Crippen molar-refractivity contribution >= 4 is 17.2 Å². The highest BCUT2D eigenvalue weighted by atomic mass is 16.6. The standard InChI is InChI=1S/C26H34N2O3/c1-5-27-14-6-7-20(19-8-10-21(11-9-19)26(2,3)4)17-25(29)28-22-12-13-23-24(18-22)31-16-15-30-23/h8-13,17-18,27H,5-7,14-16H2,1-4H3,(H,28,29)/b20-17+. The monoisotopic (exact) mass is 422 g/mol. The number of carbonyl (C=O) groups excluding carboxylic acids is 1. The number of nitrogens with one attached hydrogen (secondary N) is 2. The zero-order chi connectivity index (χ0) is 22.3. The molecule has 0 aromatic heterocycles. The lowest BCUT2D eigenvalue weighted by molar-refractivity contribution is -0.111. The Balaban J connectivity index is 1.76. The summed E-state index contributed by atoms with van der Waals surface area (Å²) in [5, 5.41) is 6.32. The third kappa shape index (κ3) is 6.59. The van der Waals surface area contributed by atoms with Crippen LogP contribution in [0.4, 0.5) is 5.69 Å². The molecule has 2 aromatic carbocycles. The molecule has 5 heteroatoms. The van der Waals surface area contributed by atoms with Crippen molar-refractivity contribution in [3.63, 3.8) is 0 Å². The van der Waals surface area contributed by atoms with Gasteiger partial charge in [0.2, 0.25) is 5.91 Å². The first kappa shape index (κ1) is 22.9. The van der Waals surface area contributed by atoms with Gasteiger partial charge in [-0.05, 0) is 60.2 Å². The Kier molecular flexibility index (Phi) is 7.75. The average Bonchev–Trinajstić information content (AvgIpc) is 2.75. The second kappa shape index (κ2) is 10.5. The van der Waals surface area contributed by atoms with E-state index in [4.69, 9.17) is 9.47 Å². The fourth-order valence-electron chi connectivity index (χ4n) is 3.52. The van der Waals surface area contributed by atoms with Gasteiger partial charge < -0.3 is 20.1 Å². The molecule has 1 amide bonds. The van der Waals surface area contributed by atoms with Gasteiger partial charge in [0.25, 0.3) is 0 Å². The number of rotatable bonds is 8. The van der Waals surface area contributed by atoms with Crippen molar-refractivity contribution in [1.82, 2.24) is 5.32 Å². The smallest absolute Gasteiger partial charge is 0.248 e. The predicted octanol–water partition coefficient (Wildman–Crippen LogP) is 5.17. The summed E-state index contributed by atoms with van der Waals surface area (Å²) in [6.45, 7) is 11.7. The van der Waals surface area contributed by atoms with E-state index in [0.29, 0.717) is 30.4 Å². The van der Waals surface area contributed by atoms with Crippen LogP contribution in [0.15, 0.2) is 48.5 Å². The van der Waals surface area contributed by atoms with Crippen molar-refractivity contribution in [1.29, 1.82) is 0 Å². The van der Waals surface area contributed by atoms with Crippen LogP contribution in [0.2, 0.25) is 0 Å². The lowest BCUT2D eigenvalue weighted by atomic mass is 9.86. The summed E-state index contributed by atoms with van der Waals surface area (Å²) in [6, 6.07) is 14.0. The van der Waals surface area contributed by atoms with Crippen LogP contribution < -0.4 is 20.1 Å². The largest absolute Gasteiger partial charge is 0.486 e. The van der Waals surface area contributed by atoms with Gasteiger partial charge in [0, 0.05) is 17.8 Å². The molecular formula is C26H34N2O3. The Bertz CT molecular complexity index is 911. The summed E-state index contributed by atoms with van der Waals surface area (Å²) in [7, 11) is 0. The highest BCUT2D eigenvalue weighted by molar-refractivity contribution is 6.04. The predicted molar refractivity (Wildman–Crippen MR) is 127 cm³/mol. The molecule has 2 N–H and O–H groups in total. The number of ether oxygens (including phenoxy) is 2. The van der Waals surface area contributed by atoms with Crippen LogP contribution in [0.3, 0.4) is 0 Å². The van der Waals surface area contributed by atoms with Crippen molar-refractivity contribution in [3.05, 3.63) is 59.7 Å². The van der Waals surface area contributed by atoms with Gasteiger partial charge in [-0.25, -0.2) is 0 Å². The Morgan fingerprint density at radius 2 is 1.74 bits per heavy atom. The summed E-state index contributed by atoms with van der Waals surface area (Å²) in [5.41, 5.74) is 4.20. The number of hydrogen-bond donors (Lipinski definition) is 2. The Labute approximate surface area is 185 Å². The van der Waals surface area contributed by atoms with Gasteiger partial charge in [-0.3, -0.25) is 4.79 Å².